The molecule has 0 aliphatic heterocycles. The molecule has 7 heteroatoms. The van der Waals surface area contributed by atoms with E-state index in [0.29, 0.717) is 21.5 Å². The maximum atomic E-state index is 12.4. The summed E-state index contributed by atoms with van der Waals surface area (Å²) in [5.74, 6) is 0.0330. The van der Waals surface area contributed by atoms with E-state index in [4.69, 9.17) is 5.14 Å². The highest BCUT2D eigenvalue weighted by atomic mass is 79.9. The molecule has 1 aromatic carbocycles. The smallest absolute Gasteiger partial charge is 0.251 e. The van der Waals surface area contributed by atoms with Gasteiger partial charge in [-0.15, -0.1) is 0 Å². The average Bonchev–Trinajstić information content (AvgIpc) is 2.39. The SMILES string of the molecule is CCC(C)C(C)NC(=O)c1cc(S(N)(=O)=O)cc(Br)c1C. The Labute approximate surface area is 134 Å². The highest BCUT2D eigenvalue weighted by molar-refractivity contribution is 9.10. The van der Waals surface area contributed by atoms with Crippen molar-refractivity contribution in [3.05, 3.63) is 27.7 Å². The summed E-state index contributed by atoms with van der Waals surface area (Å²) < 4.78 is 23.5. The van der Waals surface area contributed by atoms with Gasteiger partial charge in [0, 0.05) is 16.1 Å². The van der Waals surface area contributed by atoms with Crippen LogP contribution in [-0.4, -0.2) is 20.4 Å². The van der Waals surface area contributed by atoms with Gasteiger partial charge in [-0.1, -0.05) is 36.2 Å². The third-order valence-corrected chi connectivity index (χ3v) is 5.46. The third-order valence-electron chi connectivity index (χ3n) is 3.75. The number of primary sulfonamides is 1. The molecule has 2 atom stereocenters. The molecular formula is C14H21BrN2O3S. The fourth-order valence-electron chi connectivity index (χ4n) is 1.83. The van der Waals surface area contributed by atoms with Crippen LogP contribution in [0, 0.1) is 12.8 Å². The highest BCUT2D eigenvalue weighted by Gasteiger charge is 2.20. The first-order valence-corrected chi connectivity index (χ1v) is 9.05. The molecule has 2 unspecified atom stereocenters. The second kappa shape index (κ2) is 6.89. The van der Waals surface area contributed by atoms with Gasteiger partial charge < -0.3 is 5.32 Å². The van der Waals surface area contributed by atoms with Crippen molar-refractivity contribution in [1.29, 1.82) is 0 Å². The fourth-order valence-corrected chi connectivity index (χ4v) is 3.01. The predicted octanol–water partition coefficient (Wildman–Crippen LogP) is 2.57. The molecule has 1 rings (SSSR count). The maximum Gasteiger partial charge on any atom is 0.251 e. The normalized spacial score (nSPS) is 14.6. The first kappa shape index (κ1) is 18.1. The number of nitrogens with two attached hydrogens (primary N) is 1. The van der Waals surface area contributed by atoms with Crippen molar-refractivity contribution >= 4 is 31.9 Å². The second-order valence-corrected chi connectivity index (χ2v) is 7.69. The zero-order valence-corrected chi connectivity index (χ0v) is 15.0. The molecule has 0 spiro atoms. The lowest BCUT2D eigenvalue weighted by Gasteiger charge is -2.21. The molecule has 0 saturated heterocycles. The number of sulfonamides is 1. The Balaban J connectivity index is 3.18. The minimum Gasteiger partial charge on any atom is -0.349 e. The number of nitrogens with one attached hydrogen (secondary N) is 1. The van der Waals surface area contributed by atoms with Crippen LogP contribution in [0.25, 0.3) is 0 Å². The summed E-state index contributed by atoms with van der Waals surface area (Å²) in [4.78, 5) is 12.3. The van der Waals surface area contributed by atoms with Crippen LogP contribution in [0.2, 0.25) is 0 Å². The lowest BCUT2D eigenvalue weighted by Crippen LogP contribution is -2.37. The highest BCUT2D eigenvalue weighted by Crippen LogP contribution is 2.24. The zero-order valence-electron chi connectivity index (χ0n) is 12.6. The van der Waals surface area contributed by atoms with E-state index < -0.39 is 10.0 Å². The van der Waals surface area contributed by atoms with Gasteiger partial charge in [0.25, 0.3) is 5.91 Å². The molecule has 0 bridgehead atoms. The summed E-state index contributed by atoms with van der Waals surface area (Å²) >= 11 is 3.27. The monoisotopic (exact) mass is 376 g/mol. The molecule has 0 aliphatic carbocycles. The van der Waals surface area contributed by atoms with Gasteiger partial charge in [-0.25, -0.2) is 13.6 Å². The number of carbonyl (C=O) groups excluding carboxylic acids is 1. The van der Waals surface area contributed by atoms with E-state index in [-0.39, 0.29) is 16.8 Å². The molecule has 1 amide bonds. The summed E-state index contributed by atoms with van der Waals surface area (Å²) in [7, 11) is -3.86. The lowest BCUT2D eigenvalue weighted by atomic mass is 10.00. The first-order valence-electron chi connectivity index (χ1n) is 6.71. The van der Waals surface area contributed by atoms with Gasteiger partial charge in [-0.05, 0) is 37.5 Å². The molecule has 0 aromatic heterocycles. The molecule has 0 saturated carbocycles. The molecule has 0 aliphatic rings. The van der Waals surface area contributed by atoms with E-state index in [1.807, 2.05) is 6.92 Å². The van der Waals surface area contributed by atoms with Crippen molar-refractivity contribution in [2.45, 2.75) is 45.1 Å². The van der Waals surface area contributed by atoms with Crippen molar-refractivity contribution in [1.82, 2.24) is 5.32 Å². The number of halogens is 1. The zero-order chi connectivity index (χ0) is 16.4. The van der Waals surface area contributed by atoms with Crippen LogP contribution in [-0.2, 0) is 10.0 Å². The summed E-state index contributed by atoms with van der Waals surface area (Å²) in [6, 6.07) is 2.71. The van der Waals surface area contributed by atoms with Crippen LogP contribution < -0.4 is 10.5 Å². The minimum atomic E-state index is -3.86. The van der Waals surface area contributed by atoms with Gasteiger partial charge in [-0.2, -0.15) is 0 Å². The van der Waals surface area contributed by atoms with Crippen LogP contribution >= 0.6 is 15.9 Å². The molecule has 118 valence electrons. The molecule has 0 heterocycles. The Morgan fingerprint density at radius 1 is 1.38 bits per heavy atom. The first-order chi connectivity index (χ1) is 9.57. The number of rotatable bonds is 5. The topological polar surface area (TPSA) is 89.3 Å². The van der Waals surface area contributed by atoms with Crippen molar-refractivity contribution in [3.63, 3.8) is 0 Å². The summed E-state index contributed by atoms with van der Waals surface area (Å²) in [6.07, 6.45) is 0.946. The van der Waals surface area contributed by atoms with Crippen LogP contribution in [0.15, 0.2) is 21.5 Å². The van der Waals surface area contributed by atoms with Crippen molar-refractivity contribution in [2.24, 2.45) is 11.1 Å². The van der Waals surface area contributed by atoms with E-state index in [2.05, 4.69) is 35.1 Å². The Bertz CT molecular complexity index is 644. The predicted molar refractivity (Wildman–Crippen MR) is 86.6 cm³/mol. The number of carbonyl (C=O) groups is 1. The summed E-state index contributed by atoms with van der Waals surface area (Å²) in [5, 5.41) is 8.03. The van der Waals surface area contributed by atoms with Crippen molar-refractivity contribution in [3.8, 4) is 0 Å². The summed E-state index contributed by atoms with van der Waals surface area (Å²) in [5.41, 5.74) is 0.986. The van der Waals surface area contributed by atoms with Gasteiger partial charge in [0.05, 0.1) is 4.90 Å². The Morgan fingerprint density at radius 2 is 1.95 bits per heavy atom. The van der Waals surface area contributed by atoms with Gasteiger partial charge in [0.1, 0.15) is 0 Å². The van der Waals surface area contributed by atoms with Crippen molar-refractivity contribution in [2.75, 3.05) is 0 Å². The van der Waals surface area contributed by atoms with Crippen LogP contribution in [0.3, 0.4) is 0 Å². The standard InChI is InChI=1S/C14H21BrN2O3S/c1-5-8(2)10(4)17-14(18)12-6-11(21(16,19)20)7-13(15)9(12)3/h6-8,10H,5H2,1-4H3,(H,17,18)(H2,16,19,20). The fraction of sp³-hybridized carbons (Fsp3) is 0.500. The quantitative estimate of drug-likeness (QED) is 0.827. The lowest BCUT2D eigenvalue weighted by molar-refractivity contribution is 0.0927. The van der Waals surface area contributed by atoms with E-state index >= 15 is 0 Å². The largest absolute Gasteiger partial charge is 0.349 e. The molecule has 0 fully saturated rings. The Morgan fingerprint density at radius 3 is 2.43 bits per heavy atom. The summed E-state index contributed by atoms with van der Waals surface area (Å²) in [6.45, 7) is 7.78. The number of benzene rings is 1. The Kier molecular flexibility index (Phi) is 5.95. The Hall–Kier alpha value is -0.920. The van der Waals surface area contributed by atoms with Crippen LogP contribution in [0.4, 0.5) is 0 Å². The van der Waals surface area contributed by atoms with Gasteiger partial charge in [-0.3, -0.25) is 4.79 Å². The van der Waals surface area contributed by atoms with E-state index in [9.17, 15) is 13.2 Å². The van der Waals surface area contributed by atoms with E-state index in [0.717, 1.165) is 6.42 Å². The number of hydrogen-bond acceptors (Lipinski definition) is 3. The minimum absolute atomic E-state index is 0.00110. The van der Waals surface area contributed by atoms with Gasteiger partial charge in [0.2, 0.25) is 10.0 Å². The van der Waals surface area contributed by atoms with Crippen LogP contribution in [0.1, 0.15) is 43.1 Å². The second-order valence-electron chi connectivity index (χ2n) is 5.27. The van der Waals surface area contributed by atoms with E-state index in [1.54, 1.807) is 6.92 Å². The molecule has 1 aromatic rings. The number of amides is 1. The van der Waals surface area contributed by atoms with Crippen molar-refractivity contribution < 1.29 is 13.2 Å². The molecular weight excluding hydrogens is 356 g/mol. The number of hydrogen-bond donors (Lipinski definition) is 2. The van der Waals surface area contributed by atoms with Crippen LogP contribution in [0.5, 0.6) is 0 Å². The third kappa shape index (κ3) is 4.52. The van der Waals surface area contributed by atoms with E-state index in [1.165, 1.54) is 12.1 Å². The molecule has 3 N–H and O–H groups in total. The molecule has 0 radical (unpaired) electrons. The molecule has 5 nitrogen and oxygen atoms in total. The van der Waals surface area contributed by atoms with Gasteiger partial charge in [0.15, 0.2) is 0 Å². The van der Waals surface area contributed by atoms with Gasteiger partial charge >= 0.3 is 0 Å². The molecule has 21 heavy (non-hydrogen) atoms. The average molecular weight is 377 g/mol. The maximum absolute atomic E-state index is 12.4.